The van der Waals surface area contributed by atoms with Crippen molar-refractivity contribution >= 4 is 27.4 Å². The Bertz CT molecular complexity index is 578. The average molecular weight is 275 g/mol. The first-order chi connectivity index (χ1) is 9.20. The van der Waals surface area contributed by atoms with E-state index in [-0.39, 0.29) is 0 Å². The highest BCUT2D eigenvalue weighted by molar-refractivity contribution is 7.18. The lowest BCUT2D eigenvalue weighted by atomic mass is 9.93. The minimum atomic E-state index is 0.561. The Labute approximate surface area is 118 Å². The fourth-order valence-corrected chi connectivity index (χ4v) is 4.23. The number of anilines is 1. The fraction of sp³-hybridized carbons (Fsp3) is 0.600. The monoisotopic (exact) mass is 275 g/mol. The van der Waals surface area contributed by atoms with Crippen LogP contribution in [0.1, 0.15) is 38.7 Å². The van der Waals surface area contributed by atoms with Crippen molar-refractivity contribution in [1.29, 1.82) is 0 Å². The molecule has 3 rings (SSSR count). The van der Waals surface area contributed by atoms with Gasteiger partial charge in [0.05, 0.1) is 10.2 Å². The summed E-state index contributed by atoms with van der Waals surface area (Å²) in [6, 6.07) is 0.561. The van der Waals surface area contributed by atoms with Crippen LogP contribution in [0, 0.1) is 18.8 Å². The van der Waals surface area contributed by atoms with Crippen molar-refractivity contribution in [3.8, 4) is 0 Å². The van der Waals surface area contributed by atoms with E-state index in [2.05, 4.69) is 41.4 Å². The van der Waals surface area contributed by atoms with Gasteiger partial charge in [0.2, 0.25) is 0 Å². The Hall–Kier alpha value is -1.16. The Morgan fingerprint density at radius 2 is 2.21 bits per heavy atom. The molecule has 3 atom stereocenters. The zero-order chi connectivity index (χ0) is 13.4. The second-order valence-corrected chi connectivity index (χ2v) is 6.55. The molecule has 1 saturated carbocycles. The maximum Gasteiger partial charge on any atom is 0.147 e. The van der Waals surface area contributed by atoms with Gasteiger partial charge in [-0.3, -0.25) is 0 Å². The van der Waals surface area contributed by atoms with Crippen molar-refractivity contribution in [3.63, 3.8) is 0 Å². The molecule has 0 aliphatic heterocycles. The summed E-state index contributed by atoms with van der Waals surface area (Å²) in [5.41, 5.74) is 2.34. The summed E-state index contributed by atoms with van der Waals surface area (Å²) < 4.78 is 1.20. The average Bonchev–Trinajstić information content (AvgIpc) is 2.96. The van der Waals surface area contributed by atoms with E-state index in [9.17, 15) is 0 Å². The van der Waals surface area contributed by atoms with Crippen molar-refractivity contribution in [2.75, 3.05) is 5.32 Å². The van der Waals surface area contributed by atoms with Gasteiger partial charge in [0, 0.05) is 6.04 Å². The lowest BCUT2D eigenvalue weighted by molar-refractivity contribution is 0.391. The molecule has 1 aliphatic carbocycles. The highest BCUT2D eigenvalue weighted by Crippen LogP contribution is 2.37. The molecule has 0 saturated heterocycles. The predicted molar refractivity (Wildman–Crippen MR) is 81.7 cm³/mol. The van der Waals surface area contributed by atoms with Gasteiger partial charge in [-0.05, 0) is 42.5 Å². The van der Waals surface area contributed by atoms with Crippen LogP contribution in [0.5, 0.6) is 0 Å². The van der Waals surface area contributed by atoms with E-state index in [0.717, 1.165) is 23.2 Å². The molecule has 3 unspecified atom stereocenters. The number of thiophene rings is 1. The van der Waals surface area contributed by atoms with Crippen LogP contribution in [-0.4, -0.2) is 16.0 Å². The lowest BCUT2D eigenvalue weighted by Crippen LogP contribution is -2.25. The molecule has 19 heavy (non-hydrogen) atoms. The first-order valence-corrected chi connectivity index (χ1v) is 8.04. The largest absolute Gasteiger partial charge is 0.366 e. The second kappa shape index (κ2) is 5.08. The highest BCUT2D eigenvalue weighted by Gasteiger charge is 2.31. The molecule has 0 spiro atoms. The normalized spacial score (nSPS) is 27.0. The molecule has 2 heterocycles. The minimum absolute atomic E-state index is 0.561. The molecule has 2 aromatic heterocycles. The summed E-state index contributed by atoms with van der Waals surface area (Å²) in [5, 5.41) is 5.83. The number of rotatable bonds is 3. The van der Waals surface area contributed by atoms with Crippen LogP contribution in [0.25, 0.3) is 10.2 Å². The summed E-state index contributed by atoms with van der Waals surface area (Å²) in [6.07, 6.45) is 5.57. The topological polar surface area (TPSA) is 37.8 Å². The van der Waals surface area contributed by atoms with Crippen LogP contribution in [0.4, 0.5) is 5.82 Å². The highest BCUT2D eigenvalue weighted by atomic mass is 32.1. The van der Waals surface area contributed by atoms with E-state index >= 15 is 0 Å². The summed E-state index contributed by atoms with van der Waals surface area (Å²) >= 11 is 1.74. The van der Waals surface area contributed by atoms with Gasteiger partial charge in [-0.15, -0.1) is 11.3 Å². The van der Waals surface area contributed by atoms with Crippen LogP contribution < -0.4 is 5.32 Å². The van der Waals surface area contributed by atoms with Gasteiger partial charge >= 0.3 is 0 Å². The van der Waals surface area contributed by atoms with Gasteiger partial charge in [0.1, 0.15) is 12.1 Å². The van der Waals surface area contributed by atoms with Crippen molar-refractivity contribution in [2.24, 2.45) is 11.8 Å². The number of nitrogens with zero attached hydrogens (tertiary/aromatic N) is 2. The van der Waals surface area contributed by atoms with E-state index in [4.69, 9.17) is 0 Å². The quantitative estimate of drug-likeness (QED) is 0.910. The van der Waals surface area contributed by atoms with Crippen LogP contribution >= 0.6 is 11.3 Å². The number of fused-ring (bicyclic) bond motifs is 1. The Kier molecular flexibility index (Phi) is 3.44. The van der Waals surface area contributed by atoms with Crippen LogP contribution in [0.2, 0.25) is 0 Å². The van der Waals surface area contributed by atoms with Crippen molar-refractivity contribution in [2.45, 2.75) is 46.1 Å². The van der Waals surface area contributed by atoms with Crippen LogP contribution in [0.3, 0.4) is 0 Å². The standard InChI is InChI=1S/C15H21N3S/c1-4-11-5-6-12(10(11)3)18-15-14-13(16-8-17-15)9(2)7-19-14/h7-8,10-12H,4-6H2,1-3H3,(H,16,17,18). The summed E-state index contributed by atoms with van der Waals surface area (Å²) in [4.78, 5) is 8.84. The Balaban J connectivity index is 1.86. The molecule has 0 amide bonds. The maximum atomic E-state index is 4.46. The second-order valence-electron chi connectivity index (χ2n) is 5.67. The third-order valence-corrected chi connectivity index (χ3v) is 5.70. The summed E-state index contributed by atoms with van der Waals surface area (Å²) in [6.45, 7) is 6.78. The molecule has 102 valence electrons. The Morgan fingerprint density at radius 3 is 2.95 bits per heavy atom. The van der Waals surface area contributed by atoms with E-state index in [1.54, 1.807) is 17.7 Å². The van der Waals surface area contributed by atoms with Crippen molar-refractivity contribution < 1.29 is 0 Å². The number of hydrogen-bond acceptors (Lipinski definition) is 4. The Morgan fingerprint density at radius 1 is 1.37 bits per heavy atom. The third kappa shape index (κ3) is 2.22. The molecule has 1 N–H and O–H groups in total. The van der Waals surface area contributed by atoms with Crippen molar-refractivity contribution in [3.05, 3.63) is 17.3 Å². The number of nitrogens with one attached hydrogen (secondary N) is 1. The fourth-order valence-electron chi connectivity index (χ4n) is 3.28. The zero-order valence-electron chi connectivity index (χ0n) is 11.8. The van der Waals surface area contributed by atoms with Gasteiger partial charge in [-0.2, -0.15) is 0 Å². The van der Waals surface area contributed by atoms with Gasteiger partial charge in [-0.1, -0.05) is 20.3 Å². The molecular weight excluding hydrogens is 254 g/mol. The van der Waals surface area contributed by atoms with Gasteiger partial charge in [-0.25, -0.2) is 9.97 Å². The SMILES string of the molecule is CCC1CCC(Nc2ncnc3c(C)csc23)C1C. The molecule has 3 nitrogen and oxygen atoms in total. The van der Waals surface area contributed by atoms with E-state index in [0.29, 0.717) is 6.04 Å². The van der Waals surface area contributed by atoms with Crippen LogP contribution in [0.15, 0.2) is 11.7 Å². The van der Waals surface area contributed by atoms with E-state index in [1.807, 2.05) is 0 Å². The zero-order valence-corrected chi connectivity index (χ0v) is 12.6. The summed E-state index contributed by atoms with van der Waals surface area (Å²) in [5.74, 6) is 2.62. The third-order valence-electron chi connectivity index (χ3n) is 4.60. The van der Waals surface area contributed by atoms with Gasteiger partial charge in [0.15, 0.2) is 0 Å². The molecule has 0 bridgehead atoms. The number of aromatic nitrogens is 2. The van der Waals surface area contributed by atoms with Gasteiger partial charge < -0.3 is 5.32 Å². The molecule has 0 radical (unpaired) electrons. The molecule has 1 aliphatic rings. The lowest BCUT2D eigenvalue weighted by Gasteiger charge is -2.21. The van der Waals surface area contributed by atoms with Crippen molar-refractivity contribution in [1.82, 2.24) is 9.97 Å². The number of aryl methyl sites for hydroxylation is 1. The first kappa shape index (κ1) is 12.9. The molecule has 4 heteroatoms. The molecular formula is C15H21N3S. The molecule has 0 aromatic carbocycles. The predicted octanol–water partition coefficient (Wildman–Crippen LogP) is 4.24. The van der Waals surface area contributed by atoms with E-state index in [1.165, 1.54) is 29.5 Å². The smallest absolute Gasteiger partial charge is 0.147 e. The number of hydrogen-bond donors (Lipinski definition) is 1. The van der Waals surface area contributed by atoms with E-state index < -0.39 is 0 Å². The maximum absolute atomic E-state index is 4.46. The summed E-state index contributed by atoms with van der Waals surface area (Å²) in [7, 11) is 0. The molecule has 2 aromatic rings. The first-order valence-electron chi connectivity index (χ1n) is 7.16. The minimum Gasteiger partial charge on any atom is -0.366 e. The van der Waals surface area contributed by atoms with Crippen LogP contribution in [-0.2, 0) is 0 Å². The van der Waals surface area contributed by atoms with Gasteiger partial charge in [0.25, 0.3) is 0 Å². The molecule has 1 fully saturated rings.